The zero-order chi connectivity index (χ0) is 19.3. The molecule has 3 rings (SSSR count). The lowest BCUT2D eigenvalue weighted by molar-refractivity contribution is -0.156. The van der Waals surface area contributed by atoms with Crippen LogP contribution in [0, 0.1) is 11.6 Å². The molecule has 0 spiro atoms. The van der Waals surface area contributed by atoms with Crippen LogP contribution in [0.25, 0.3) is 0 Å². The Bertz CT molecular complexity index is 785. The van der Waals surface area contributed by atoms with Gasteiger partial charge in [-0.15, -0.1) is 0 Å². The highest BCUT2D eigenvalue weighted by molar-refractivity contribution is 5.86. The van der Waals surface area contributed by atoms with Gasteiger partial charge in [-0.1, -0.05) is 42.5 Å². The minimum Gasteiger partial charge on any atom is -0.379 e. The second-order valence-corrected chi connectivity index (χ2v) is 6.98. The Kier molecular flexibility index (Phi) is 6.19. The third-order valence-electron chi connectivity index (χ3n) is 4.98. The quantitative estimate of drug-likeness (QED) is 0.784. The van der Waals surface area contributed by atoms with E-state index in [1.165, 1.54) is 12.1 Å². The maximum atomic E-state index is 13.7. The summed E-state index contributed by atoms with van der Waals surface area (Å²) in [4.78, 5) is 14.4. The molecule has 0 aromatic heterocycles. The Balaban J connectivity index is 1.56. The molecular formula is C21H24F2N2O2. The van der Waals surface area contributed by atoms with E-state index >= 15 is 0 Å². The standard InChI is InChI=1S/C21H24F2N2O2/c22-18-9-4-8-17(19(18)23)14-24-15-21(27)11-5-12-25(20(21)26)13-10-16-6-2-1-3-7-16/h1-4,6-9,24,27H,5,10-15H2/t21-/m0/s1. The number of nitrogens with one attached hydrogen (secondary N) is 1. The third-order valence-corrected chi connectivity index (χ3v) is 4.98. The Hall–Kier alpha value is -2.31. The molecule has 144 valence electrons. The van der Waals surface area contributed by atoms with Crippen LogP contribution in [0.5, 0.6) is 0 Å². The number of hydrogen-bond donors (Lipinski definition) is 2. The van der Waals surface area contributed by atoms with Crippen LogP contribution in [0.2, 0.25) is 0 Å². The molecule has 2 N–H and O–H groups in total. The predicted molar refractivity (Wildman–Crippen MR) is 99.0 cm³/mol. The Morgan fingerprint density at radius 1 is 1.11 bits per heavy atom. The lowest BCUT2D eigenvalue weighted by atomic mass is 9.91. The van der Waals surface area contributed by atoms with Gasteiger partial charge in [-0.3, -0.25) is 4.79 Å². The summed E-state index contributed by atoms with van der Waals surface area (Å²) in [5.41, 5.74) is -0.208. The van der Waals surface area contributed by atoms with Gasteiger partial charge >= 0.3 is 0 Å². The van der Waals surface area contributed by atoms with E-state index in [1.807, 2.05) is 30.3 Å². The Labute approximate surface area is 157 Å². The summed E-state index contributed by atoms with van der Waals surface area (Å²) < 4.78 is 27.0. The molecule has 0 saturated carbocycles. The van der Waals surface area contributed by atoms with Crippen molar-refractivity contribution in [1.29, 1.82) is 0 Å². The highest BCUT2D eigenvalue weighted by atomic mass is 19.2. The van der Waals surface area contributed by atoms with Crippen molar-refractivity contribution in [2.24, 2.45) is 0 Å². The minimum atomic E-state index is -1.52. The number of likely N-dealkylation sites (tertiary alicyclic amines) is 1. The summed E-state index contributed by atoms with van der Waals surface area (Å²) in [5.74, 6) is -2.12. The summed E-state index contributed by atoms with van der Waals surface area (Å²) >= 11 is 0. The van der Waals surface area contributed by atoms with Crippen LogP contribution in [-0.4, -0.2) is 41.1 Å². The van der Waals surface area contributed by atoms with E-state index < -0.39 is 17.2 Å². The van der Waals surface area contributed by atoms with Gasteiger partial charge in [-0.25, -0.2) is 8.78 Å². The molecule has 1 aliphatic heterocycles. The summed E-state index contributed by atoms with van der Waals surface area (Å²) in [5, 5.41) is 13.7. The monoisotopic (exact) mass is 374 g/mol. The molecule has 1 fully saturated rings. The van der Waals surface area contributed by atoms with E-state index in [2.05, 4.69) is 5.32 Å². The molecule has 2 aromatic carbocycles. The van der Waals surface area contributed by atoms with Crippen molar-refractivity contribution < 1.29 is 18.7 Å². The van der Waals surface area contributed by atoms with Gasteiger partial charge in [-0.05, 0) is 30.9 Å². The van der Waals surface area contributed by atoms with Gasteiger partial charge in [0.1, 0.15) is 0 Å². The average Bonchev–Trinajstić information content (AvgIpc) is 2.67. The van der Waals surface area contributed by atoms with Crippen LogP contribution in [0.15, 0.2) is 48.5 Å². The topological polar surface area (TPSA) is 52.6 Å². The molecule has 6 heteroatoms. The first-order valence-electron chi connectivity index (χ1n) is 9.19. The summed E-state index contributed by atoms with van der Waals surface area (Å²) in [6, 6.07) is 13.8. The average molecular weight is 374 g/mol. The minimum absolute atomic E-state index is 0.00359. The molecule has 1 atom stereocenters. The number of carbonyl (C=O) groups is 1. The van der Waals surface area contributed by atoms with Crippen molar-refractivity contribution in [3.05, 3.63) is 71.3 Å². The van der Waals surface area contributed by atoms with Gasteiger partial charge in [0, 0.05) is 31.7 Å². The Morgan fingerprint density at radius 3 is 2.67 bits per heavy atom. The van der Waals surface area contributed by atoms with Crippen molar-refractivity contribution in [2.45, 2.75) is 31.4 Å². The second kappa shape index (κ2) is 8.59. The SMILES string of the molecule is O=C1N(CCc2ccccc2)CCC[C@]1(O)CNCc1cccc(F)c1F. The molecular weight excluding hydrogens is 350 g/mol. The number of benzene rings is 2. The van der Waals surface area contributed by atoms with Crippen molar-refractivity contribution in [1.82, 2.24) is 10.2 Å². The molecule has 1 aliphatic rings. The fraction of sp³-hybridized carbons (Fsp3) is 0.381. The predicted octanol–water partition coefficient (Wildman–Crippen LogP) is 2.65. The van der Waals surface area contributed by atoms with Gasteiger partial charge in [0.05, 0.1) is 0 Å². The van der Waals surface area contributed by atoms with Gasteiger partial charge in [0.25, 0.3) is 5.91 Å². The van der Waals surface area contributed by atoms with E-state index in [0.717, 1.165) is 18.1 Å². The second-order valence-electron chi connectivity index (χ2n) is 6.98. The van der Waals surface area contributed by atoms with E-state index in [1.54, 1.807) is 4.90 Å². The van der Waals surface area contributed by atoms with Gasteiger partial charge < -0.3 is 15.3 Å². The first kappa shape index (κ1) is 19.5. The highest BCUT2D eigenvalue weighted by Crippen LogP contribution is 2.23. The van der Waals surface area contributed by atoms with Crippen LogP contribution < -0.4 is 5.32 Å². The van der Waals surface area contributed by atoms with Crippen molar-refractivity contribution in [3.8, 4) is 0 Å². The van der Waals surface area contributed by atoms with E-state index in [-0.39, 0.29) is 24.6 Å². The molecule has 0 bridgehead atoms. The highest BCUT2D eigenvalue weighted by Gasteiger charge is 2.41. The summed E-state index contributed by atoms with van der Waals surface area (Å²) in [7, 11) is 0. The number of aliphatic hydroxyl groups is 1. The molecule has 0 radical (unpaired) electrons. The molecule has 0 aliphatic carbocycles. The lowest BCUT2D eigenvalue weighted by Crippen LogP contribution is -2.58. The maximum Gasteiger partial charge on any atom is 0.255 e. The van der Waals surface area contributed by atoms with Crippen LogP contribution in [0.3, 0.4) is 0 Å². The molecule has 1 amide bonds. The maximum absolute atomic E-state index is 13.7. The molecule has 27 heavy (non-hydrogen) atoms. The van der Waals surface area contributed by atoms with Crippen LogP contribution in [0.4, 0.5) is 8.78 Å². The number of rotatable bonds is 7. The van der Waals surface area contributed by atoms with E-state index in [4.69, 9.17) is 0 Å². The largest absolute Gasteiger partial charge is 0.379 e. The molecule has 1 heterocycles. The van der Waals surface area contributed by atoms with Crippen LogP contribution in [0.1, 0.15) is 24.0 Å². The first-order valence-corrected chi connectivity index (χ1v) is 9.19. The number of nitrogens with zero attached hydrogens (tertiary/aromatic N) is 1. The number of carbonyl (C=O) groups excluding carboxylic acids is 1. The zero-order valence-corrected chi connectivity index (χ0v) is 15.1. The number of amides is 1. The zero-order valence-electron chi connectivity index (χ0n) is 15.1. The van der Waals surface area contributed by atoms with Crippen LogP contribution >= 0.6 is 0 Å². The molecule has 1 saturated heterocycles. The Morgan fingerprint density at radius 2 is 1.89 bits per heavy atom. The van der Waals surface area contributed by atoms with Gasteiger partial charge in [0.2, 0.25) is 0 Å². The number of hydrogen-bond acceptors (Lipinski definition) is 3. The first-order chi connectivity index (χ1) is 13.0. The van der Waals surface area contributed by atoms with Crippen LogP contribution in [-0.2, 0) is 17.8 Å². The number of piperidine rings is 1. The van der Waals surface area contributed by atoms with Gasteiger partial charge in [-0.2, -0.15) is 0 Å². The molecule has 0 unspecified atom stereocenters. The van der Waals surface area contributed by atoms with E-state index in [9.17, 15) is 18.7 Å². The van der Waals surface area contributed by atoms with Crippen molar-refractivity contribution in [2.75, 3.05) is 19.6 Å². The third kappa shape index (κ3) is 4.70. The smallest absolute Gasteiger partial charge is 0.255 e. The normalized spacial score (nSPS) is 20.1. The summed E-state index contributed by atoms with van der Waals surface area (Å²) in [6.07, 6.45) is 1.78. The van der Waals surface area contributed by atoms with Crippen molar-refractivity contribution >= 4 is 5.91 Å². The molecule has 4 nitrogen and oxygen atoms in total. The lowest BCUT2D eigenvalue weighted by Gasteiger charge is -2.38. The van der Waals surface area contributed by atoms with E-state index in [0.29, 0.717) is 25.9 Å². The van der Waals surface area contributed by atoms with Gasteiger partial charge in [0.15, 0.2) is 17.2 Å². The fourth-order valence-electron chi connectivity index (χ4n) is 3.44. The summed E-state index contributed by atoms with van der Waals surface area (Å²) in [6.45, 7) is 1.21. The van der Waals surface area contributed by atoms with Crippen molar-refractivity contribution in [3.63, 3.8) is 0 Å². The fourth-order valence-corrected chi connectivity index (χ4v) is 3.44. The molecule has 2 aromatic rings. The number of halogens is 2.